The van der Waals surface area contributed by atoms with Gasteiger partial charge in [0.05, 0.1) is 0 Å². The van der Waals surface area contributed by atoms with Crippen molar-refractivity contribution < 1.29 is 0 Å². The van der Waals surface area contributed by atoms with Crippen molar-refractivity contribution in [1.29, 1.82) is 0 Å². The first kappa shape index (κ1) is 9.25. The van der Waals surface area contributed by atoms with Gasteiger partial charge in [0.15, 0.2) is 0 Å². The molecule has 0 spiro atoms. The fourth-order valence-electron chi connectivity index (χ4n) is 2.05. The summed E-state index contributed by atoms with van der Waals surface area (Å²) in [5.74, 6) is 0.775. The summed E-state index contributed by atoms with van der Waals surface area (Å²) >= 11 is 0. The van der Waals surface area contributed by atoms with E-state index in [-0.39, 0.29) is 0 Å². The third kappa shape index (κ3) is 2.13. The van der Waals surface area contributed by atoms with Crippen molar-refractivity contribution in [3.05, 3.63) is 42.9 Å². The quantitative estimate of drug-likeness (QED) is 0.722. The number of aromatic nitrogens is 1. The Balaban J connectivity index is 1.90. The van der Waals surface area contributed by atoms with Crippen LogP contribution in [0.5, 0.6) is 0 Å². The van der Waals surface area contributed by atoms with Gasteiger partial charge in [-0.05, 0) is 36.6 Å². The van der Waals surface area contributed by atoms with Crippen molar-refractivity contribution in [1.82, 2.24) is 9.88 Å². The van der Waals surface area contributed by atoms with E-state index < -0.39 is 0 Å². The minimum absolute atomic E-state index is 0.775. The van der Waals surface area contributed by atoms with Gasteiger partial charge in [0.2, 0.25) is 0 Å². The number of hydrogen-bond acceptors (Lipinski definition) is 2. The average molecular weight is 188 g/mol. The second-order valence-electron chi connectivity index (χ2n) is 3.90. The lowest BCUT2D eigenvalue weighted by atomic mass is 10.0. The van der Waals surface area contributed by atoms with Gasteiger partial charge in [-0.15, -0.1) is 0 Å². The lowest BCUT2D eigenvalue weighted by Gasteiger charge is -2.12. The molecule has 0 N–H and O–H groups in total. The molecular weight excluding hydrogens is 172 g/mol. The summed E-state index contributed by atoms with van der Waals surface area (Å²) in [6.45, 7) is 6.11. The monoisotopic (exact) mass is 188 g/mol. The largest absolute Gasteiger partial charge is 0.378 e. The van der Waals surface area contributed by atoms with Gasteiger partial charge in [-0.2, -0.15) is 0 Å². The molecule has 1 atom stereocenters. The molecule has 0 radical (unpaired) electrons. The molecule has 2 rings (SSSR count). The lowest BCUT2D eigenvalue weighted by Crippen LogP contribution is -2.13. The van der Waals surface area contributed by atoms with Crippen LogP contribution in [0.2, 0.25) is 0 Å². The molecule has 1 aromatic rings. The summed E-state index contributed by atoms with van der Waals surface area (Å²) in [4.78, 5) is 6.42. The molecule has 1 unspecified atom stereocenters. The summed E-state index contributed by atoms with van der Waals surface area (Å²) in [6.07, 6.45) is 8.17. The Morgan fingerprint density at radius 3 is 3.21 bits per heavy atom. The third-order valence-corrected chi connectivity index (χ3v) is 2.82. The van der Waals surface area contributed by atoms with E-state index in [2.05, 4.69) is 22.5 Å². The van der Waals surface area contributed by atoms with Crippen LogP contribution in [0.3, 0.4) is 0 Å². The predicted octanol–water partition coefficient (Wildman–Crippen LogP) is 2.09. The summed E-state index contributed by atoms with van der Waals surface area (Å²) in [6, 6.07) is 4.17. The van der Waals surface area contributed by atoms with Crippen LogP contribution in [0.1, 0.15) is 12.0 Å². The van der Waals surface area contributed by atoms with Gasteiger partial charge < -0.3 is 4.90 Å². The molecule has 0 aliphatic carbocycles. The second-order valence-corrected chi connectivity index (χ2v) is 3.90. The van der Waals surface area contributed by atoms with Gasteiger partial charge in [-0.25, -0.2) is 0 Å². The highest BCUT2D eigenvalue weighted by molar-refractivity contribution is 5.10. The smallest absolute Gasteiger partial charge is 0.0299 e. The van der Waals surface area contributed by atoms with E-state index in [4.69, 9.17) is 0 Å². The van der Waals surface area contributed by atoms with E-state index in [0.717, 1.165) is 25.4 Å². The summed E-state index contributed by atoms with van der Waals surface area (Å²) in [5, 5.41) is 0. The maximum absolute atomic E-state index is 4.13. The fourth-order valence-corrected chi connectivity index (χ4v) is 2.05. The van der Waals surface area contributed by atoms with Crippen molar-refractivity contribution in [3.8, 4) is 0 Å². The molecular formula is C12H16N2. The van der Waals surface area contributed by atoms with Crippen molar-refractivity contribution in [3.63, 3.8) is 0 Å². The molecule has 1 fully saturated rings. The average Bonchev–Trinajstić information content (AvgIpc) is 2.67. The highest BCUT2D eigenvalue weighted by Gasteiger charge is 2.19. The molecule has 1 aliphatic heterocycles. The summed E-state index contributed by atoms with van der Waals surface area (Å²) in [7, 11) is 0. The van der Waals surface area contributed by atoms with Crippen LogP contribution in [-0.4, -0.2) is 23.0 Å². The number of likely N-dealkylation sites (tertiary alicyclic amines) is 1. The Hall–Kier alpha value is -1.31. The standard InChI is InChI=1S/C12H16N2/c1-2-14-7-5-12(10-14)8-11-4-3-6-13-9-11/h2-4,6,9,12H,1,5,7-8,10H2. The number of hydrogen-bond donors (Lipinski definition) is 0. The van der Waals surface area contributed by atoms with Gasteiger partial charge in [0.25, 0.3) is 0 Å². The van der Waals surface area contributed by atoms with Crippen molar-refractivity contribution in [2.75, 3.05) is 13.1 Å². The van der Waals surface area contributed by atoms with E-state index in [9.17, 15) is 0 Å². The third-order valence-electron chi connectivity index (χ3n) is 2.82. The Labute approximate surface area is 85.3 Å². The zero-order valence-electron chi connectivity index (χ0n) is 8.39. The van der Waals surface area contributed by atoms with Crippen molar-refractivity contribution in [2.24, 2.45) is 5.92 Å². The molecule has 2 nitrogen and oxygen atoms in total. The van der Waals surface area contributed by atoms with Crippen LogP contribution in [0, 0.1) is 5.92 Å². The molecule has 2 heterocycles. The van der Waals surface area contributed by atoms with Crippen LogP contribution < -0.4 is 0 Å². The lowest BCUT2D eigenvalue weighted by molar-refractivity contribution is 0.438. The van der Waals surface area contributed by atoms with Crippen molar-refractivity contribution >= 4 is 0 Å². The topological polar surface area (TPSA) is 16.1 Å². The van der Waals surface area contributed by atoms with Crippen LogP contribution >= 0.6 is 0 Å². The van der Waals surface area contributed by atoms with E-state index in [1.807, 2.05) is 24.7 Å². The highest BCUT2D eigenvalue weighted by Crippen LogP contribution is 2.20. The normalized spacial score (nSPS) is 21.1. The van der Waals surface area contributed by atoms with Crippen molar-refractivity contribution in [2.45, 2.75) is 12.8 Å². The van der Waals surface area contributed by atoms with E-state index in [1.165, 1.54) is 12.0 Å². The maximum atomic E-state index is 4.13. The minimum Gasteiger partial charge on any atom is -0.378 e. The number of rotatable bonds is 3. The predicted molar refractivity (Wildman–Crippen MR) is 57.8 cm³/mol. The SMILES string of the molecule is C=CN1CCC(Cc2cccnc2)C1. The summed E-state index contributed by atoms with van der Waals surface area (Å²) in [5.41, 5.74) is 1.35. The highest BCUT2D eigenvalue weighted by atomic mass is 15.1. The van der Waals surface area contributed by atoms with Gasteiger partial charge >= 0.3 is 0 Å². The second kappa shape index (κ2) is 4.27. The fraction of sp³-hybridized carbons (Fsp3) is 0.417. The van der Waals surface area contributed by atoms with Gasteiger partial charge in [0, 0.05) is 25.5 Å². The van der Waals surface area contributed by atoms with E-state index in [0.29, 0.717) is 0 Å². The molecule has 1 saturated heterocycles. The van der Waals surface area contributed by atoms with Crippen LogP contribution in [0.15, 0.2) is 37.3 Å². The Morgan fingerprint density at radius 2 is 2.57 bits per heavy atom. The van der Waals surface area contributed by atoms with Crippen LogP contribution in [0.25, 0.3) is 0 Å². The zero-order chi connectivity index (χ0) is 9.80. The zero-order valence-corrected chi connectivity index (χ0v) is 8.39. The van der Waals surface area contributed by atoms with Crippen LogP contribution in [-0.2, 0) is 6.42 Å². The molecule has 1 aromatic heterocycles. The Bertz CT molecular complexity index is 294. The van der Waals surface area contributed by atoms with Crippen LogP contribution in [0.4, 0.5) is 0 Å². The minimum atomic E-state index is 0.775. The van der Waals surface area contributed by atoms with Gasteiger partial charge in [-0.3, -0.25) is 4.98 Å². The first-order valence-electron chi connectivity index (χ1n) is 5.14. The molecule has 0 bridgehead atoms. The molecule has 74 valence electrons. The number of pyridine rings is 1. The first-order valence-corrected chi connectivity index (χ1v) is 5.14. The van der Waals surface area contributed by atoms with Gasteiger partial charge in [0.1, 0.15) is 0 Å². The molecule has 0 aromatic carbocycles. The maximum Gasteiger partial charge on any atom is 0.0299 e. The molecule has 14 heavy (non-hydrogen) atoms. The Kier molecular flexibility index (Phi) is 2.82. The Morgan fingerprint density at radius 1 is 1.64 bits per heavy atom. The molecule has 0 amide bonds. The van der Waals surface area contributed by atoms with E-state index in [1.54, 1.807) is 0 Å². The number of nitrogens with zero attached hydrogens (tertiary/aromatic N) is 2. The molecule has 2 heteroatoms. The van der Waals surface area contributed by atoms with Gasteiger partial charge in [-0.1, -0.05) is 12.6 Å². The van der Waals surface area contributed by atoms with E-state index >= 15 is 0 Å². The first-order chi connectivity index (χ1) is 6.88. The summed E-state index contributed by atoms with van der Waals surface area (Å²) < 4.78 is 0. The molecule has 1 aliphatic rings. The molecule has 0 saturated carbocycles.